The summed E-state index contributed by atoms with van der Waals surface area (Å²) in [5, 5.41) is 3.13. The van der Waals surface area contributed by atoms with E-state index in [1.807, 2.05) is 20.8 Å². The van der Waals surface area contributed by atoms with Gasteiger partial charge in [-0.1, -0.05) is 0 Å². The van der Waals surface area contributed by atoms with Crippen molar-refractivity contribution in [1.82, 2.24) is 10.2 Å². The normalized spacial score (nSPS) is 31.7. The number of carbonyl (C=O) groups excluding carboxylic acids is 1. The van der Waals surface area contributed by atoms with E-state index < -0.39 is 17.7 Å². The van der Waals surface area contributed by atoms with Crippen LogP contribution in [0, 0.1) is 0 Å². The second kappa shape index (κ2) is 3.90. The van der Waals surface area contributed by atoms with Gasteiger partial charge in [0.05, 0.1) is 12.6 Å². The fraction of sp³-hybridized carbons (Fsp3) is 0.917. The van der Waals surface area contributed by atoms with Crippen molar-refractivity contribution in [3.05, 3.63) is 0 Å². The van der Waals surface area contributed by atoms with Crippen LogP contribution in [0.15, 0.2) is 0 Å². The van der Waals surface area contributed by atoms with Crippen LogP contribution < -0.4 is 5.32 Å². The Morgan fingerprint density at radius 3 is 2.41 bits per heavy atom. The maximum atomic E-state index is 13.8. The minimum atomic E-state index is -1.68. The van der Waals surface area contributed by atoms with Gasteiger partial charge < -0.3 is 10.2 Å². The van der Waals surface area contributed by atoms with Crippen LogP contribution in [0.25, 0.3) is 0 Å². The smallest absolute Gasteiger partial charge is 0.260 e. The minimum absolute atomic E-state index is 0.0122. The highest BCUT2D eigenvalue weighted by Crippen LogP contribution is 2.42. The highest BCUT2D eigenvalue weighted by atomic mass is 19.1. The standard InChI is InChI=1S/C12H20F2N2O/c1-11(2,3)15-9-7-16(6-8(9)13)10(17)12(14)4-5-12/h8-9,15H,4-7H2,1-3H3/t8-,9+/m0/s1. The molecule has 0 unspecified atom stereocenters. The van der Waals surface area contributed by atoms with E-state index in [1.165, 1.54) is 4.90 Å². The van der Waals surface area contributed by atoms with Crippen LogP contribution in [0.3, 0.4) is 0 Å². The first-order valence-electron chi connectivity index (χ1n) is 6.11. The summed E-state index contributed by atoms with van der Waals surface area (Å²) in [6, 6.07) is -0.388. The first-order valence-corrected chi connectivity index (χ1v) is 6.11. The van der Waals surface area contributed by atoms with Crippen molar-refractivity contribution in [2.45, 2.75) is 57.0 Å². The van der Waals surface area contributed by atoms with Crippen molar-refractivity contribution in [3.63, 3.8) is 0 Å². The highest BCUT2D eigenvalue weighted by molar-refractivity contribution is 5.88. The number of nitrogens with one attached hydrogen (secondary N) is 1. The molecule has 0 aromatic heterocycles. The lowest BCUT2D eigenvalue weighted by atomic mass is 10.1. The fourth-order valence-corrected chi connectivity index (χ4v) is 2.23. The van der Waals surface area contributed by atoms with Gasteiger partial charge in [0.2, 0.25) is 0 Å². The predicted molar refractivity (Wildman–Crippen MR) is 61.2 cm³/mol. The number of likely N-dealkylation sites (tertiary alicyclic amines) is 1. The summed E-state index contributed by atoms with van der Waals surface area (Å²) in [4.78, 5) is 13.1. The number of rotatable bonds is 2. The summed E-state index contributed by atoms with van der Waals surface area (Å²) in [6.45, 7) is 6.12. The summed E-state index contributed by atoms with van der Waals surface area (Å²) in [6.07, 6.45) is -0.534. The fourth-order valence-electron chi connectivity index (χ4n) is 2.23. The van der Waals surface area contributed by atoms with Crippen molar-refractivity contribution in [2.24, 2.45) is 0 Å². The Morgan fingerprint density at radius 1 is 1.35 bits per heavy atom. The first-order chi connectivity index (χ1) is 7.71. The summed E-state index contributed by atoms with van der Waals surface area (Å²) in [5.41, 5.74) is -1.89. The Labute approximate surface area is 101 Å². The van der Waals surface area contributed by atoms with Crippen molar-refractivity contribution < 1.29 is 13.6 Å². The number of hydrogen-bond donors (Lipinski definition) is 1. The van der Waals surface area contributed by atoms with Gasteiger partial charge in [0.15, 0.2) is 5.67 Å². The molecule has 1 amide bonds. The lowest BCUT2D eigenvalue weighted by Gasteiger charge is -2.26. The zero-order valence-electron chi connectivity index (χ0n) is 10.6. The molecular weight excluding hydrogens is 226 g/mol. The van der Waals surface area contributed by atoms with Crippen molar-refractivity contribution >= 4 is 5.91 Å². The van der Waals surface area contributed by atoms with E-state index >= 15 is 0 Å². The topological polar surface area (TPSA) is 32.3 Å². The van der Waals surface area contributed by atoms with Gasteiger partial charge >= 0.3 is 0 Å². The lowest BCUT2D eigenvalue weighted by Crippen LogP contribution is -2.48. The van der Waals surface area contributed by atoms with Gasteiger partial charge in [0.1, 0.15) is 6.17 Å². The van der Waals surface area contributed by atoms with Crippen molar-refractivity contribution in [1.29, 1.82) is 0 Å². The molecule has 1 N–H and O–H groups in total. The molecule has 1 saturated carbocycles. The molecule has 1 heterocycles. The van der Waals surface area contributed by atoms with Crippen molar-refractivity contribution in [3.8, 4) is 0 Å². The Morgan fingerprint density at radius 2 is 1.94 bits per heavy atom. The number of carbonyl (C=O) groups is 1. The average molecular weight is 246 g/mol. The second-order valence-corrected chi connectivity index (χ2v) is 6.19. The molecule has 17 heavy (non-hydrogen) atoms. The molecule has 98 valence electrons. The van der Waals surface area contributed by atoms with Crippen LogP contribution in [0.4, 0.5) is 8.78 Å². The molecule has 0 aromatic rings. The van der Waals surface area contributed by atoms with Gasteiger partial charge in [-0.15, -0.1) is 0 Å². The number of alkyl halides is 2. The Kier molecular flexibility index (Phi) is 2.92. The number of halogens is 2. The molecule has 1 aliphatic carbocycles. The molecule has 5 heteroatoms. The third-order valence-corrected chi connectivity index (χ3v) is 3.23. The summed E-state index contributed by atoms with van der Waals surface area (Å²) in [5.74, 6) is -0.529. The molecule has 0 bridgehead atoms. The monoisotopic (exact) mass is 246 g/mol. The summed E-state index contributed by atoms with van der Waals surface area (Å²) >= 11 is 0. The van der Waals surface area contributed by atoms with E-state index in [4.69, 9.17) is 0 Å². The van der Waals surface area contributed by atoms with E-state index in [2.05, 4.69) is 5.32 Å². The van der Waals surface area contributed by atoms with Gasteiger partial charge in [0, 0.05) is 12.1 Å². The maximum Gasteiger partial charge on any atom is 0.260 e. The van der Waals surface area contributed by atoms with Gasteiger partial charge in [-0.2, -0.15) is 0 Å². The molecule has 0 aromatic carbocycles. The average Bonchev–Trinajstić information content (AvgIpc) is 2.83. The molecule has 3 nitrogen and oxygen atoms in total. The first kappa shape index (κ1) is 12.7. The summed E-state index contributed by atoms with van der Waals surface area (Å²) < 4.78 is 27.4. The molecular formula is C12H20F2N2O. The molecule has 0 spiro atoms. The second-order valence-electron chi connectivity index (χ2n) is 6.19. The molecule has 2 fully saturated rings. The van der Waals surface area contributed by atoms with E-state index in [0.29, 0.717) is 0 Å². The van der Waals surface area contributed by atoms with Gasteiger partial charge in [-0.05, 0) is 33.6 Å². The van der Waals surface area contributed by atoms with Crippen LogP contribution in [0.2, 0.25) is 0 Å². The van der Waals surface area contributed by atoms with Crippen LogP contribution >= 0.6 is 0 Å². The van der Waals surface area contributed by atoms with E-state index in [0.717, 1.165) is 0 Å². The zero-order valence-corrected chi connectivity index (χ0v) is 10.6. The van der Waals surface area contributed by atoms with E-state index in [1.54, 1.807) is 0 Å². The molecule has 1 saturated heterocycles. The predicted octanol–water partition coefficient (Wildman–Crippen LogP) is 1.43. The third-order valence-electron chi connectivity index (χ3n) is 3.23. The van der Waals surface area contributed by atoms with E-state index in [-0.39, 0.29) is 37.5 Å². The zero-order chi connectivity index (χ0) is 12.8. The highest BCUT2D eigenvalue weighted by Gasteiger charge is 2.54. The molecule has 2 atom stereocenters. The maximum absolute atomic E-state index is 13.8. The van der Waals surface area contributed by atoms with Gasteiger partial charge in [-0.25, -0.2) is 8.78 Å². The van der Waals surface area contributed by atoms with Crippen LogP contribution in [-0.2, 0) is 4.79 Å². The molecule has 2 rings (SSSR count). The van der Waals surface area contributed by atoms with Gasteiger partial charge in [0.25, 0.3) is 5.91 Å². The third kappa shape index (κ3) is 2.76. The van der Waals surface area contributed by atoms with E-state index in [9.17, 15) is 13.6 Å². The Bertz CT molecular complexity index is 323. The summed E-state index contributed by atoms with van der Waals surface area (Å²) in [7, 11) is 0. The molecule has 0 radical (unpaired) electrons. The Balaban J connectivity index is 1.95. The van der Waals surface area contributed by atoms with Crippen LogP contribution in [0.5, 0.6) is 0 Å². The quantitative estimate of drug-likeness (QED) is 0.799. The number of nitrogens with zero attached hydrogens (tertiary/aromatic N) is 1. The number of amides is 1. The Hall–Kier alpha value is -0.710. The van der Waals surface area contributed by atoms with Crippen molar-refractivity contribution in [2.75, 3.05) is 13.1 Å². The van der Waals surface area contributed by atoms with Gasteiger partial charge in [-0.3, -0.25) is 4.79 Å². The molecule has 1 aliphatic heterocycles. The number of hydrogen-bond acceptors (Lipinski definition) is 2. The largest absolute Gasteiger partial charge is 0.335 e. The SMILES string of the molecule is CC(C)(C)N[C@@H]1CN(C(=O)C2(F)CC2)C[C@@H]1F. The minimum Gasteiger partial charge on any atom is -0.335 e. The van der Waals surface area contributed by atoms with Crippen LogP contribution in [-0.4, -0.2) is 47.3 Å². The molecule has 2 aliphatic rings. The lowest BCUT2D eigenvalue weighted by molar-refractivity contribution is -0.137. The van der Waals surface area contributed by atoms with Crippen LogP contribution in [0.1, 0.15) is 33.6 Å².